The van der Waals surface area contributed by atoms with Crippen LogP contribution in [0.2, 0.25) is 0 Å². The highest BCUT2D eigenvalue weighted by atomic mass is 79.9. The molecule has 0 aliphatic carbocycles. The molecule has 0 aromatic heterocycles. The van der Waals surface area contributed by atoms with Gasteiger partial charge in [-0.15, -0.1) is 0 Å². The van der Waals surface area contributed by atoms with Gasteiger partial charge < -0.3 is 10.1 Å². The number of hydrogen-bond donors (Lipinski definition) is 1. The molecule has 1 aromatic carbocycles. The van der Waals surface area contributed by atoms with Crippen molar-refractivity contribution in [3.8, 4) is 0 Å². The van der Waals surface area contributed by atoms with E-state index in [1.54, 1.807) is 7.05 Å². The molecule has 0 aliphatic rings. The van der Waals surface area contributed by atoms with E-state index < -0.39 is 19.0 Å². The van der Waals surface area contributed by atoms with E-state index in [-0.39, 0.29) is 12.6 Å². The van der Waals surface area contributed by atoms with Gasteiger partial charge in [0.1, 0.15) is 6.61 Å². The molecule has 0 amide bonds. The lowest BCUT2D eigenvalue weighted by atomic mass is 10.1. The molecule has 1 N–H and O–H groups in total. The zero-order chi connectivity index (χ0) is 15.2. The van der Waals surface area contributed by atoms with Gasteiger partial charge in [-0.25, -0.2) is 8.78 Å². The van der Waals surface area contributed by atoms with E-state index in [1.165, 1.54) is 0 Å². The summed E-state index contributed by atoms with van der Waals surface area (Å²) >= 11 is 3.33. The summed E-state index contributed by atoms with van der Waals surface area (Å²) in [6.45, 7) is -1.34. The van der Waals surface area contributed by atoms with Crippen LogP contribution in [0.15, 0.2) is 28.7 Å². The molecular formula is C13H16BrF4NO. The van der Waals surface area contributed by atoms with Crippen molar-refractivity contribution in [2.24, 2.45) is 0 Å². The van der Waals surface area contributed by atoms with Crippen LogP contribution >= 0.6 is 15.9 Å². The second-order valence-corrected chi connectivity index (χ2v) is 5.31. The Morgan fingerprint density at radius 2 is 2.05 bits per heavy atom. The molecule has 2 nitrogen and oxygen atoms in total. The highest BCUT2D eigenvalue weighted by Crippen LogP contribution is 2.23. The first-order valence-electron chi connectivity index (χ1n) is 6.00. The van der Waals surface area contributed by atoms with E-state index in [2.05, 4.69) is 21.2 Å². The third-order valence-corrected chi connectivity index (χ3v) is 3.21. The Hall–Kier alpha value is -0.660. The third-order valence-electron chi connectivity index (χ3n) is 2.71. The van der Waals surface area contributed by atoms with E-state index in [0.29, 0.717) is 6.42 Å². The second-order valence-electron chi connectivity index (χ2n) is 4.40. The normalized spacial score (nSPS) is 13.8. The molecule has 0 saturated heterocycles. The van der Waals surface area contributed by atoms with Gasteiger partial charge in [-0.2, -0.15) is 8.78 Å². The number of ether oxygens (including phenoxy) is 1. The molecule has 0 radical (unpaired) electrons. The van der Waals surface area contributed by atoms with Crippen LogP contribution in [0.4, 0.5) is 17.6 Å². The molecule has 1 atom stereocenters. The van der Waals surface area contributed by atoms with Crippen molar-refractivity contribution in [2.75, 3.05) is 20.3 Å². The van der Waals surface area contributed by atoms with E-state index >= 15 is 0 Å². The molecule has 7 heteroatoms. The molecule has 20 heavy (non-hydrogen) atoms. The predicted octanol–water partition coefficient (Wildman–Crippen LogP) is 3.50. The van der Waals surface area contributed by atoms with Crippen LogP contribution in [0.1, 0.15) is 5.56 Å². The van der Waals surface area contributed by atoms with Gasteiger partial charge in [-0.05, 0) is 31.2 Å². The monoisotopic (exact) mass is 357 g/mol. The van der Waals surface area contributed by atoms with Gasteiger partial charge >= 0.3 is 12.3 Å². The predicted molar refractivity (Wildman–Crippen MR) is 72.5 cm³/mol. The van der Waals surface area contributed by atoms with E-state index in [4.69, 9.17) is 4.74 Å². The number of likely N-dealkylation sites (N-methyl/N-ethyl adjacent to an activating group) is 1. The highest BCUT2D eigenvalue weighted by molar-refractivity contribution is 9.10. The van der Waals surface area contributed by atoms with Crippen molar-refractivity contribution in [3.63, 3.8) is 0 Å². The molecule has 0 aliphatic heterocycles. The first kappa shape index (κ1) is 17.4. The Bertz CT molecular complexity index is 417. The van der Waals surface area contributed by atoms with E-state index in [9.17, 15) is 17.6 Å². The summed E-state index contributed by atoms with van der Waals surface area (Å²) in [6, 6.07) is 7.30. The fraction of sp³-hybridized carbons (Fsp3) is 0.538. The summed E-state index contributed by atoms with van der Waals surface area (Å²) in [4.78, 5) is 0. The lowest BCUT2D eigenvalue weighted by Crippen LogP contribution is -2.37. The Labute approximate surface area is 123 Å². The molecule has 1 unspecified atom stereocenters. The minimum atomic E-state index is -4.10. The summed E-state index contributed by atoms with van der Waals surface area (Å²) in [5.41, 5.74) is 0.989. The van der Waals surface area contributed by atoms with Crippen LogP contribution in [0.25, 0.3) is 0 Å². The Morgan fingerprint density at radius 1 is 1.35 bits per heavy atom. The number of rotatable bonds is 8. The summed E-state index contributed by atoms with van der Waals surface area (Å²) in [7, 11) is 1.66. The van der Waals surface area contributed by atoms with Gasteiger partial charge in [-0.1, -0.05) is 28.1 Å². The lowest BCUT2D eigenvalue weighted by Gasteiger charge is -2.19. The highest BCUT2D eigenvalue weighted by Gasteiger charge is 2.41. The molecule has 1 rings (SSSR count). The van der Waals surface area contributed by atoms with Gasteiger partial charge in [0.15, 0.2) is 0 Å². The first-order valence-corrected chi connectivity index (χ1v) is 6.80. The minimum absolute atomic E-state index is 0.0642. The molecule has 0 bridgehead atoms. The molecule has 0 fully saturated rings. The van der Waals surface area contributed by atoms with Crippen LogP contribution in [-0.4, -0.2) is 38.7 Å². The molecule has 1 aromatic rings. The number of benzene rings is 1. The summed E-state index contributed by atoms with van der Waals surface area (Å²) in [6.07, 6.45) is -3.16. The Morgan fingerprint density at radius 3 is 2.60 bits per heavy atom. The van der Waals surface area contributed by atoms with Crippen molar-refractivity contribution in [1.82, 2.24) is 5.32 Å². The maximum atomic E-state index is 12.7. The molecule has 0 saturated carbocycles. The summed E-state index contributed by atoms with van der Waals surface area (Å²) in [5.74, 6) is -4.10. The van der Waals surface area contributed by atoms with Gasteiger partial charge in [0.25, 0.3) is 0 Å². The SMILES string of the molecule is CNC(COCC(F)(F)C(F)F)Cc1cccc(Br)c1. The smallest absolute Gasteiger partial charge is 0.330 e. The number of nitrogens with one attached hydrogen (secondary N) is 1. The molecular weight excluding hydrogens is 342 g/mol. The number of alkyl halides is 4. The van der Waals surface area contributed by atoms with E-state index in [0.717, 1.165) is 10.0 Å². The standard InChI is InChI=1S/C13H16BrF4NO/c1-19-11(6-9-3-2-4-10(14)5-9)7-20-8-13(17,18)12(15)16/h2-5,11-12,19H,6-8H2,1H3. The number of hydrogen-bond acceptors (Lipinski definition) is 2. The fourth-order valence-electron chi connectivity index (χ4n) is 1.59. The Balaban J connectivity index is 2.44. The molecule has 114 valence electrons. The maximum absolute atomic E-state index is 12.7. The average molecular weight is 358 g/mol. The molecule has 0 heterocycles. The Kier molecular flexibility index (Phi) is 6.91. The van der Waals surface area contributed by atoms with Crippen LogP contribution in [0.3, 0.4) is 0 Å². The summed E-state index contributed by atoms with van der Waals surface area (Å²) in [5, 5.41) is 2.91. The quantitative estimate of drug-likeness (QED) is 0.719. The van der Waals surface area contributed by atoms with Gasteiger partial charge in [0.05, 0.1) is 6.61 Å². The summed E-state index contributed by atoms with van der Waals surface area (Å²) < 4.78 is 54.9. The zero-order valence-corrected chi connectivity index (χ0v) is 12.5. The van der Waals surface area contributed by atoms with E-state index in [1.807, 2.05) is 24.3 Å². The van der Waals surface area contributed by atoms with Crippen molar-refractivity contribution >= 4 is 15.9 Å². The van der Waals surface area contributed by atoms with Crippen LogP contribution in [-0.2, 0) is 11.2 Å². The maximum Gasteiger partial charge on any atom is 0.330 e. The van der Waals surface area contributed by atoms with Gasteiger partial charge in [0.2, 0.25) is 0 Å². The lowest BCUT2D eigenvalue weighted by molar-refractivity contribution is -0.166. The van der Waals surface area contributed by atoms with Crippen molar-refractivity contribution in [2.45, 2.75) is 24.8 Å². The fourth-order valence-corrected chi connectivity index (χ4v) is 2.04. The van der Waals surface area contributed by atoms with Crippen LogP contribution in [0.5, 0.6) is 0 Å². The van der Waals surface area contributed by atoms with Crippen LogP contribution in [0, 0.1) is 0 Å². The van der Waals surface area contributed by atoms with Gasteiger partial charge in [-0.3, -0.25) is 0 Å². The first-order chi connectivity index (χ1) is 9.35. The topological polar surface area (TPSA) is 21.3 Å². The van der Waals surface area contributed by atoms with Crippen molar-refractivity contribution in [3.05, 3.63) is 34.3 Å². The van der Waals surface area contributed by atoms with Gasteiger partial charge in [0, 0.05) is 10.5 Å². The third kappa shape index (κ3) is 5.76. The largest absolute Gasteiger partial charge is 0.373 e. The van der Waals surface area contributed by atoms with Crippen LogP contribution < -0.4 is 5.32 Å². The zero-order valence-electron chi connectivity index (χ0n) is 10.9. The minimum Gasteiger partial charge on any atom is -0.373 e. The van der Waals surface area contributed by atoms with Crippen molar-refractivity contribution < 1.29 is 22.3 Å². The average Bonchev–Trinajstić information content (AvgIpc) is 2.37. The second kappa shape index (κ2) is 7.95. The van der Waals surface area contributed by atoms with Crippen molar-refractivity contribution in [1.29, 1.82) is 0 Å². The number of halogens is 5. The molecule has 0 spiro atoms.